The van der Waals surface area contributed by atoms with Crippen molar-refractivity contribution in [2.24, 2.45) is 0 Å². The third-order valence-electron chi connectivity index (χ3n) is 4.15. The summed E-state index contributed by atoms with van der Waals surface area (Å²) in [5.74, 6) is -0.110. The number of hydrogen-bond acceptors (Lipinski definition) is 3. The summed E-state index contributed by atoms with van der Waals surface area (Å²) in [7, 11) is 0. The third kappa shape index (κ3) is 5.43. The monoisotopic (exact) mass is 305 g/mol. The van der Waals surface area contributed by atoms with Gasteiger partial charge in [0, 0.05) is 13.0 Å². The van der Waals surface area contributed by atoms with E-state index in [1.165, 1.54) is 12.8 Å². The van der Waals surface area contributed by atoms with Crippen molar-refractivity contribution in [3.8, 4) is 0 Å². The van der Waals surface area contributed by atoms with Crippen LogP contribution in [0.3, 0.4) is 0 Å². The summed E-state index contributed by atoms with van der Waals surface area (Å²) >= 11 is 0. The molecule has 1 amide bonds. The number of aliphatic hydroxyl groups is 1. The molecule has 0 bridgehead atoms. The zero-order valence-electron chi connectivity index (χ0n) is 13.3. The number of carbonyl (C=O) groups excluding carboxylic acids is 1. The first-order chi connectivity index (χ1) is 10.7. The maximum Gasteiger partial charge on any atom is 0.249 e. The maximum absolute atomic E-state index is 12.2. The Labute approximate surface area is 132 Å². The molecule has 0 heterocycles. The number of nitrogens with one attached hydrogen (secondary N) is 1. The highest BCUT2D eigenvalue weighted by Gasteiger charge is 2.24. The summed E-state index contributed by atoms with van der Waals surface area (Å²) < 4.78 is 5.88. The maximum atomic E-state index is 12.2. The molecule has 0 unspecified atom stereocenters. The number of aliphatic hydroxyl groups excluding tert-OH is 1. The quantitative estimate of drug-likeness (QED) is 0.775. The fraction of sp³-hybridized carbons (Fsp3) is 0.611. The lowest BCUT2D eigenvalue weighted by Crippen LogP contribution is -2.41. The molecular formula is C18H27NO3. The van der Waals surface area contributed by atoms with E-state index in [1.807, 2.05) is 37.3 Å². The third-order valence-corrected chi connectivity index (χ3v) is 4.15. The van der Waals surface area contributed by atoms with Gasteiger partial charge >= 0.3 is 0 Å². The predicted octanol–water partition coefficient (Wildman–Crippen LogP) is 2.44. The molecular weight excluding hydrogens is 278 g/mol. The van der Waals surface area contributed by atoms with Crippen molar-refractivity contribution in [1.82, 2.24) is 5.32 Å². The van der Waals surface area contributed by atoms with Gasteiger partial charge in [-0.15, -0.1) is 0 Å². The highest BCUT2D eigenvalue weighted by Crippen LogP contribution is 2.22. The second kappa shape index (κ2) is 8.91. The Bertz CT molecular complexity index is 443. The lowest BCUT2D eigenvalue weighted by atomic mass is 10.1. The van der Waals surface area contributed by atoms with E-state index in [4.69, 9.17) is 4.74 Å². The molecule has 0 radical (unpaired) electrons. The topological polar surface area (TPSA) is 58.6 Å². The van der Waals surface area contributed by atoms with Crippen LogP contribution in [0.1, 0.15) is 44.6 Å². The van der Waals surface area contributed by atoms with Crippen molar-refractivity contribution in [3.63, 3.8) is 0 Å². The van der Waals surface area contributed by atoms with Crippen LogP contribution in [0.25, 0.3) is 0 Å². The molecule has 0 spiro atoms. The highest BCUT2D eigenvalue weighted by atomic mass is 16.5. The van der Waals surface area contributed by atoms with Crippen LogP contribution >= 0.6 is 0 Å². The summed E-state index contributed by atoms with van der Waals surface area (Å²) in [6.07, 6.45) is 4.96. The lowest BCUT2D eigenvalue weighted by molar-refractivity contribution is -0.137. The van der Waals surface area contributed by atoms with Gasteiger partial charge in [-0.2, -0.15) is 0 Å². The van der Waals surface area contributed by atoms with Gasteiger partial charge in [-0.05, 0) is 24.8 Å². The lowest BCUT2D eigenvalue weighted by Gasteiger charge is -2.21. The molecule has 2 atom stereocenters. The van der Waals surface area contributed by atoms with Gasteiger partial charge in [0.15, 0.2) is 0 Å². The summed E-state index contributed by atoms with van der Waals surface area (Å²) in [5, 5.41) is 12.8. The van der Waals surface area contributed by atoms with Crippen molar-refractivity contribution < 1.29 is 14.6 Å². The van der Waals surface area contributed by atoms with Gasteiger partial charge in [0.25, 0.3) is 0 Å². The molecule has 22 heavy (non-hydrogen) atoms. The van der Waals surface area contributed by atoms with E-state index >= 15 is 0 Å². The predicted molar refractivity (Wildman–Crippen MR) is 86.6 cm³/mol. The first-order valence-electron chi connectivity index (χ1n) is 8.34. The molecule has 2 rings (SSSR count). The first kappa shape index (κ1) is 17.0. The van der Waals surface area contributed by atoms with Gasteiger partial charge in [-0.3, -0.25) is 4.79 Å². The molecule has 4 nitrogen and oxygen atoms in total. The SMILES string of the molecule is CC[C@@H](OC1CCCC1)C(=O)NC[C@@H](O)Cc1ccccc1. The average Bonchev–Trinajstić information content (AvgIpc) is 3.04. The second-order valence-corrected chi connectivity index (χ2v) is 6.03. The number of hydrogen-bond donors (Lipinski definition) is 2. The molecule has 1 aromatic rings. The minimum Gasteiger partial charge on any atom is -0.391 e. The van der Waals surface area contributed by atoms with Crippen molar-refractivity contribution in [2.45, 2.75) is 63.8 Å². The Hall–Kier alpha value is -1.39. The number of rotatable bonds is 8. The molecule has 0 saturated heterocycles. The number of carbonyl (C=O) groups is 1. The van der Waals surface area contributed by atoms with E-state index in [9.17, 15) is 9.90 Å². The van der Waals surface area contributed by atoms with Crippen LogP contribution < -0.4 is 5.32 Å². The molecule has 1 aliphatic rings. The minimum absolute atomic E-state index is 0.110. The summed E-state index contributed by atoms with van der Waals surface area (Å²) in [6.45, 7) is 2.22. The van der Waals surface area contributed by atoms with Gasteiger partial charge in [-0.1, -0.05) is 50.1 Å². The van der Waals surface area contributed by atoms with E-state index in [0.29, 0.717) is 12.8 Å². The molecule has 4 heteroatoms. The highest BCUT2D eigenvalue weighted by molar-refractivity contribution is 5.80. The molecule has 1 aliphatic carbocycles. The van der Waals surface area contributed by atoms with Gasteiger partial charge in [0.05, 0.1) is 12.2 Å². The number of ether oxygens (including phenoxy) is 1. The molecule has 0 aliphatic heterocycles. The van der Waals surface area contributed by atoms with Crippen molar-refractivity contribution in [1.29, 1.82) is 0 Å². The normalized spacial score (nSPS) is 18.1. The van der Waals surface area contributed by atoms with Crippen LogP contribution in [0.4, 0.5) is 0 Å². The van der Waals surface area contributed by atoms with Crippen LogP contribution in [-0.4, -0.2) is 35.9 Å². The van der Waals surface area contributed by atoms with Gasteiger partial charge < -0.3 is 15.2 Å². The van der Waals surface area contributed by atoms with Crippen LogP contribution in [0.5, 0.6) is 0 Å². The van der Waals surface area contributed by atoms with E-state index in [2.05, 4.69) is 5.32 Å². The molecule has 1 fully saturated rings. The first-order valence-corrected chi connectivity index (χ1v) is 8.34. The van der Waals surface area contributed by atoms with Crippen LogP contribution in [-0.2, 0) is 16.0 Å². The summed E-state index contributed by atoms with van der Waals surface area (Å²) in [5.41, 5.74) is 1.07. The fourth-order valence-electron chi connectivity index (χ4n) is 2.89. The van der Waals surface area contributed by atoms with Gasteiger partial charge in [0.1, 0.15) is 6.10 Å². The largest absolute Gasteiger partial charge is 0.391 e. The Balaban J connectivity index is 1.72. The van der Waals surface area contributed by atoms with Gasteiger partial charge in [-0.25, -0.2) is 0 Å². The summed E-state index contributed by atoms with van der Waals surface area (Å²) in [6, 6.07) is 9.79. The van der Waals surface area contributed by atoms with Crippen LogP contribution in [0.2, 0.25) is 0 Å². The molecule has 122 valence electrons. The molecule has 1 aromatic carbocycles. The second-order valence-electron chi connectivity index (χ2n) is 6.03. The zero-order chi connectivity index (χ0) is 15.8. The number of benzene rings is 1. The fourth-order valence-corrected chi connectivity index (χ4v) is 2.89. The Morgan fingerprint density at radius 1 is 1.32 bits per heavy atom. The molecule has 1 saturated carbocycles. The Morgan fingerprint density at radius 2 is 2.00 bits per heavy atom. The zero-order valence-corrected chi connectivity index (χ0v) is 13.3. The summed E-state index contributed by atoms with van der Waals surface area (Å²) in [4.78, 5) is 12.2. The average molecular weight is 305 g/mol. The van der Waals surface area contributed by atoms with Crippen molar-refractivity contribution >= 4 is 5.91 Å². The van der Waals surface area contributed by atoms with Gasteiger partial charge in [0.2, 0.25) is 5.91 Å². The van der Waals surface area contributed by atoms with E-state index in [1.54, 1.807) is 0 Å². The minimum atomic E-state index is -0.574. The Morgan fingerprint density at radius 3 is 2.64 bits per heavy atom. The molecule has 2 N–H and O–H groups in total. The number of amides is 1. The van der Waals surface area contributed by atoms with E-state index in [0.717, 1.165) is 18.4 Å². The standard InChI is InChI=1S/C18H27NO3/c1-2-17(22-16-10-6-7-11-16)18(21)19-13-15(20)12-14-8-4-3-5-9-14/h3-5,8-9,15-17,20H,2,6-7,10-13H2,1H3,(H,19,21)/t15-,17+/m0/s1. The van der Waals surface area contributed by atoms with Crippen molar-refractivity contribution in [2.75, 3.05) is 6.54 Å². The Kier molecular flexibility index (Phi) is 6.87. The van der Waals surface area contributed by atoms with E-state index < -0.39 is 12.2 Å². The molecule has 0 aromatic heterocycles. The van der Waals surface area contributed by atoms with Crippen molar-refractivity contribution in [3.05, 3.63) is 35.9 Å². The smallest absolute Gasteiger partial charge is 0.249 e. The van der Waals surface area contributed by atoms with Crippen LogP contribution in [0.15, 0.2) is 30.3 Å². The van der Waals surface area contributed by atoms with Crippen LogP contribution in [0, 0.1) is 0 Å². The van der Waals surface area contributed by atoms with E-state index in [-0.39, 0.29) is 18.6 Å².